The highest BCUT2D eigenvalue weighted by Crippen LogP contribution is 2.26. The number of rotatable bonds is 3. The van der Waals surface area contributed by atoms with Gasteiger partial charge in [-0.15, -0.1) is 12.4 Å². The van der Waals surface area contributed by atoms with E-state index in [0.717, 1.165) is 49.9 Å². The summed E-state index contributed by atoms with van der Waals surface area (Å²) in [7, 11) is 0. The van der Waals surface area contributed by atoms with E-state index in [4.69, 9.17) is 9.26 Å². The van der Waals surface area contributed by atoms with Crippen LogP contribution in [0, 0.1) is 0 Å². The lowest BCUT2D eigenvalue weighted by atomic mass is 10.2. The molecule has 1 aromatic rings. The van der Waals surface area contributed by atoms with Crippen molar-refractivity contribution < 1.29 is 9.26 Å². The average Bonchev–Trinajstić information content (AvgIpc) is 3.00. The second kappa shape index (κ2) is 6.75. The first kappa shape index (κ1) is 14.1. The summed E-state index contributed by atoms with van der Waals surface area (Å²) < 4.78 is 10.8. The van der Waals surface area contributed by atoms with E-state index in [9.17, 15) is 0 Å². The smallest absolute Gasteiger partial charge is 0.228 e. The van der Waals surface area contributed by atoms with Crippen LogP contribution in [0.25, 0.3) is 0 Å². The first-order chi connectivity index (χ1) is 8.42. The molecule has 2 unspecified atom stereocenters. The number of aromatic nitrogens is 2. The SMILES string of the molecule is C1COC(c2noc(CC3CSCCN3)n2)C1.Cl. The fourth-order valence-corrected chi connectivity index (χ4v) is 3.17. The summed E-state index contributed by atoms with van der Waals surface area (Å²) in [5.74, 6) is 3.77. The third-order valence-corrected chi connectivity index (χ3v) is 4.25. The Kier molecular flexibility index (Phi) is 5.29. The summed E-state index contributed by atoms with van der Waals surface area (Å²) in [6.07, 6.45) is 2.99. The van der Waals surface area contributed by atoms with Crippen LogP contribution >= 0.6 is 24.2 Å². The maximum Gasteiger partial charge on any atom is 0.228 e. The van der Waals surface area contributed by atoms with E-state index in [-0.39, 0.29) is 18.5 Å². The van der Waals surface area contributed by atoms with Crippen molar-refractivity contribution in [2.75, 3.05) is 24.7 Å². The molecule has 5 nitrogen and oxygen atoms in total. The lowest BCUT2D eigenvalue weighted by Gasteiger charge is -2.21. The van der Waals surface area contributed by atoms with Crippen molar-refractivity contribution in [2.45, 2.75) is 31.4 Å². The summed E-state index contributed by atoms with van der Waals surface area (Å²) in [4.78, 5) is 4.43. The van der Waals surface area contributed by atoms with Crippen LogP contribution in [0.3, 0.4) is 0 Å². The monoisotopic (exact) mass is 291 g/mol. The van der Waals surface area contributed by atoms with Crippen molar-refractivity contribution in [1.29, 1.82) is 0 Å². The molecule has 2 fully saturated rings. The fourth-order valence-electron chi connectivity index (χ4n) is 2.22. The van der Waals surface area contributed by atoms with E-state index in [0.29, 0.717) is 6.04 Å². The van der Waals surface area contributed by atoms with Crippen LogP contribution in [0.4, 0.5) is 0 Å². The number of halogens is 1. The molecule has 18 heavy (non-hydrogen) atoms. The van der Waals surface area contributed by atoms with Gasteiger partial charge in [-0.1, -0.05) is 5.16 Å². The van der Waals surface area contributed by atoms with Gasteiger partial charge in [0, 0.05) is 37.1 Å². The molecule has 0 spiro atoms. The maximum atomic E-state index is 5.54. The van der Waals surface area contributed by atoms with Gasteiger partial charge in [0.1, 0.15) is 6.10 Å². The largest absolute Gasteiger partial charge is 0.370 e. The van der Waals surface area contributed by atoms with Crippen LogP contribution in [0.5, 0.6) is 0 Å². The third-order valence-electron chi connectivity index (χ3n) is 3.12. The zero-order valence-corrected chi connectivity index (χ0v) is 11.8. The predicted molar refractivity (Wildman–Crippen MR) is 72.3 cm³/mol. The minimum atomic E-state index is 0. The summed E-state index contributed by atoms with van der Waals surface area (Å²) >= 11 is 1.98. The molecule has 1 N–H and O–H groups in total. The minimum Gasteiger partial charge on any atom is -0.370 e. The standard InChI is InChI=1S/C11H17N3O2S.ClH/c1-2-9(15-4-1)11-13-10(16-14-11)6-8-7-17-5-3-12-8;/h8-9,12H,1-7H2;1H. The molecule has 1 aromatic heterocycles. The highest BCUT2D eigenvalue weighted by atomic mass is 35.5. The fraction of sp³-hybridized carbons (Fsp3) is 0.818. The van der Waals surface area contributed by atoms with Crippen molar-refractivity contribution in [2.24, 2.45) is 0 Å². The Morgan fingerprint density at radius 1 is 1.44 bits per heavy atom. The number of nitrogens with zero attached hydrogens (tertiary/aromatic N) is 2. The van der Waals surface area contributed by atoms with E-state index in [2.05, 4.69) is 15.5 Å². The zero-order valence-electron chi connectivity index (χ0n) is 10.1. The van der Waals surface area contributed by atoms with Gasteiger partial charge in [0.05, 0.1) is 0 Å². The summed E-state index contributed by atoms with van der Waals surface area (Å²) in [5.41, 5.74) is 0. The van der Waals surface area contributed by atoms with Crippen molar-refractivity contribution >= 4 is 24.2 Å². The molecule has 0 bridgehead atoms. The van der Waals surface area contributed by atoms with E-state index >= 15 is 0 Å². The van der Waals surface area contributed by atoms with Crippen molar-refractivity contribution in [3.8, 4) is 0 Å². The topological polar surface area (TPSA) is 60.2 Å². The van der Waals surface area contributed by atoms with Crippen LogP contribution in [0.2, 0.25) is 0 Å². The quantitative estimate of drug-likeness (QED) is 0.913. The Bertz CT molecular complexity index is 365. The first-order valence-corrected chi connectivity index (χ1v) is 7.32. The molecular formula is C11H18ClN3O2S. The Morgan fingerprint density at radius 3 is 3.11 bits per heavy atom. The van der Waals surface area contributed by atoms with Crippen LogP contribution < -0.4 is 5.32 Å². The Balaban J connectivity index is 0.00000120. The predicted octanol–water partition coefficient (Wildman–Crippen LogP) is 1.59. The van der Waals surface area contributed by atoms with Crippen LogP contribution in [0.1, 0.15) is 30.7 Å². The van der Waals surface area contributed by atoms with Crippen molar-refractivity contribution in [1.82, 2.24) is 15.5 Å². The summed E-state index contributed by atoms with van der Waals surface area (Å²) in [6, 6.07) is 0.464. The van der Waals surface area contributed by atoms with Crippen LogP contribution in [-0.4, -0.2) is 40.8 Å². The highest BCUT2D eigenvalue weighted by Gasteiger charge is 2.24. The molecule has 2 aliphatic rings. The Morgan fingerprint density at radius 2 is 2.39 bits per heavy atom. The van der Waals surface area contributed by atoms with Gasteiger partial charge in [-0.05, 0) is 12.8 Å². The molecule has 7 heteroatoms. The van der Waals surface area contributed by atoms with Gasteiger partial charge < -0.3 is 14.6 Å². The molecule has 102 valence electrons. The maximum absolute atomic E-state index is 5.54. The minimum absolute atomic E-state index is 0. The molecule has 0 radical (unpaired) electrons. The van der Waals surface area contributed by atoms with Gasteiger partial charge in [-0.2, -0.15) is 16.7 Å². The van der Waals surface area contributed by atoms with Crippen molar-refractivity contribution in [3.63, 3.8) is 0 Å². The number of ether oxygens (including phenoxy) is 1. The third kappa shape index (κ3) is 3.38. The van der Waals surface area contributed by atoms with Gasteiger partial charge >= 0.3 is 0 Å². The first-order valence-electron chi connectivity index (χ1n) is 6.17. The number of hydrogen-bond donors (Lipinski definition) is 1. The molecule has 2 atom stereocenters. The van der Waals surface area contributed by atoms with Crippen molar-refractivity contribution in [3.05, 3.63) is 11.7 Å². The molecule has 2 saturated heterocycles. The molecule has 0 aliphatic carbocycles. The number of nitrogens with one attached hydrogen (secondary N) is 1. The molecule has 2 aliphatic heterocycles. The molecular weight excluding hydrogens is 274 g/mol. The van der Waals surface area contributed by atoms with Gasteiger partial charge in [-0.3, -0.25) is 0 Å². The van der Waals surface area contributed by atoms with Gasteiger partial charge in [0.25, 0.3) is 0 Å². The Hall–Kier alpha value is -0.300. The average molecular weight is 292 g/mol. The highest BCUT2D eigenvalue weighted by molar-refractivity contribution is 7.99. The molecule has 0 saturated carbocycles. The number of hydrogen-bond acceptors (Lipinski definition) is 6. The molecule has 3 rings (SSSR count). The van der Waals surface area contributed by atoms with Gasteiger partial charge in [0.2, 0.25) is 11.7 Å². The van der Waals surface area contributed by atoms with Gasteiger partial charge in [-0.25, -0.2) is 0 Å². The lowest BCUT2D eigenvalue weighted by molar-refractivity contribution is 0.103. The Labute approximate surface area is 117 Å². The number of thioether (sulfide) groups is 1. The van der Waals surface area contributed by atoms with E-state index < -0.39 is 0 Å². The van der Waals surface area contributed by atoms with Gasteiger partial charge in [0.15, 0.2) is 0 Å². The zero-order chi connectivity index (χ0) is 11.5. The van der Waals surface area contributed by atoms with Crippen LogP contribution in [-0.2, 0) is 11.2 Å². The van der Waals surface area contributed by atoms with E-state index in [1.165, 1.54) is 5.75 Å². The summed E-state index contributed by atoms with van der Waals surface area (Å²) in [6.45, 7) is 1.89. The normalized spacial score (nSPS) is 28.0. The van der Waals surface area contributed by atoms with E-state index in [1.807, 2.05) is 11.8 Å². The lowest BCUT2D eigenvalue weighted by Crippen LogP contribution is -2.38. The van der Waals surface area contributed by atoms with E-state index in [1.54, 1.807) is 0 Å². The molecule has 0 aromatic carbocycles. The molecule has 0 amide bonds. The van der Waals surface area contributed by atoms with Crippen LogP contribution in [0.15, 0.2) is 4.52 Å². The second-order valence-electron chi connectivity index (χ2n) is 4.48. The second-order valence-corrected chi connectivity index (χ2v) is 5.63. The summed E-state index contributed by atoms with van der Waals surface area (Å²) in [5, 5.41) is 7.48. The molecule has 3 heterocycles.